The van der Waals surface area contributed by atoms with Gasteiger partial charge in [0.2, 0.25) is 0 Å². The van der Waals surface area contributed by atoms with Gasteiger partial charge in [-0.15, -0.1) is 0 Å². The van der Waals surface area contributed by atoms with Crippen molar-refractivity contribution in [1.29, 1.82) is 0 Å². The fraction of sp³-hybridized carbons (Fsp3) is 0.714. The fourth-order valence-corrected chi connectivity index (χ4v) is 3.32. The fourth-order valence-electron chi connectivity index (χ4n) is 2.44. The Labute approximate surface area is 147 Å². The minimum absolute atomic E-state index is 0.214. The molecule has 1 amide bonds. The summed E-state index contributed by atoms with van der Waals surface area (Å²) in [5.74, 6) is 0. The standard InChI is InChI=1S/C14H21BrIN3O2/c1-9-11(15)12(16)17-19(9)10-5-7-18(8-6-10)13(20)21-14(2,3)4/h10H,5-8H2,1-4H3. The van der Waals surface area contributed by atoms with E-state index in [0.717, 1.165) is 26.7 Å². The highest BCUT2D eigenvalue weighted by atomic mass is 127. The molecule has 0 saturated carbocycles. The van der Waals surface area contributed by atoms with Crippen molar-refractivity contribution in [3.05, 3.63) is 13.9 Å². The lowest BCUT2D eigenvalue weighted by Gasteiger charge is -2.33. The lowest BCUT2D eigenvalue weighted by molar-refractivity contribution is 0.0184. The van der Waals surface area contributed by atoms with Crippen LogP contribution in [0.1, 0.15) is 45.3 Å². The minimum atomic E-state index is -0.437. The summed E-state index contributed by atoms with van der Waals surface area (Å²) in [4.78, 5) is 13.8. The van der Waals surface area contributed by atoms with Gasteiger partial charge in [0.05, 0.1) is 16.2 Å². The molecule has 2 rings (SSSR count). The zero-order valence-electron chi connectivity index (χ0n) is 12.8. The van der Waals surface area contributed by atoms with Crippen LogP contribution in [0.4, 0.5) is 4.79 Å². The number of piperidine rings is 1. The topological polar surface area (TPSA) is 47.4 Å². The van der Waals surface area contributed by atoms with Gasteiger partial charge in [-0.25, -0.2) is 4.79 Å². The highest BCUT2D eigenvalue weighted by molar-refractivity contribution is 14.1. The van der Waals surface area contributed by atoms with Crippen molar-refractivity contribution in [2.24, 2.45) is 0 Å². The van der Waals surface area contributed by atoms with Gasteiger partial charge < -0.3 is 9.64 Å². The van der Waals surface area contributed by atoms with Gasteiger partial charge in [-0.1, -0.05) is 0 Å². The predicted molar refractivity (Wildman–Crippen MR) is 93.5 cm³/mol. The molecule has 0 atom stereocenters. The molecule has 0 aromatic carbocycles. The molecule has 0 N–H and O–H groups in total. The van der Waals surface area contributed by atoms with Gasteiger partial charge >= 0.3 is 6.09 Å². The van der Waals surface area contributed by atoms with Gasteiger partial charge in [-0.3, -0.25) is 4.68 Å². The first-order chi connectivity index (χ1) is 9.69. The number of carbonyl (C=O) groups is 1. The molecule has 7 heteroatoms. The molecule has 118 valence electrons. The van der Waals surface area contributed by atoms with Crippen molar-refractivity contribution in [3.8, 4) is 0 Å². The second-order valence-corrected chi connectivity index (χ2v) is 8.15. The van der Waals surface area contributed by atoms with Crippen molar-refractivity contribution in [2.75, 3.05) is 13.1 Å². The number of ether oxygens (including phenoxy) is 1. The SMILES string of the molecule is Cc1c(Br)c(I)nn1C1CCN(C(=O)OC(C)(C)C)CC1. The van der Waals surface area contributed by atoms with E-state index in [1.54, 1.807) is 4.90 Å². The second kappa shape index (κ2) is 6.44. The third kappa shape index (κ3) is 4.12. The van der Waals surface area contributed by atoms with Gasteiger partial charge in [0.15, 0.2) is 0 Å². The maximum absolute atomic E-state index is 12.1. The van der Waals surface area contributed by atoms with Crippen LogP contribution < -0.4 is 0 Å². The monoisotopic (exact) mass is 469 g/mol. The summed E-state index contributed by atoms with van der Waals surface area (Å²) in [6.07, 6.45) is 1.60. The number of hydrogen-bond donors (Lipinski definition) is 0. The van der Waals surface area contributed by atoms with E-state index in [1.807, 2.05) is 20.8 Å². The lowest BCUT2D eigenvalue weighted by Crippen LogP contribution is -2.42. The van der Waals surface area contributed by atoms with E-state index in [9.17, 15) is 4.79 Å². The molecule has 1 fully saturated rings. The van der Waals surface area contributed by atoms with Crippen LogP contribution in [-0.4, -0.2) is 39.5 Å². The Bertz CT molecular complexity index is 531. The Morgan fingerprint density at radius 2 is 1.95 bits per heavy atom. The summed E-state index contributed by atoms with van der Waals surface area (Å²) in [5, 5.41) is 4.58. The van der Waals surface area contributed by atoms with Gasteiger partial charge in [-0.2, -0.15) is 5.10 Å². The third-order valence-corrected chi connectivity index (χ3v) is 5.95. The molecule has 1 aromatic rings. The molecule has 0 aliphatic carbocycles. The van der Waals surface area contributed by atoms with Crippen LogP contribution in [0.15, 0.2) is 4.47 Å². The number of hydrogen-bond acceptors (Lipinski definition) is 3. The van der Waals surface area contributed by atoms with Crippen LogP contribution in [0.5, 0.6) is 0 Å². The van der Waals surface area contributed by atoms with Crippen LogP contribution in [0.3, 0.4) is 0 Å². The molecule has 0 spiro atoms. The van der Waals surface area contributed by atoms with Crippen molar-refractivity contribution in [1.82, 2.24) is 14.7 Å². The average Bonchev–Trinajstić information content (AvgIpc) is 2.65. The first-order valence-electron chi connectivity index (χ1n) is 7.07. The number of amides is 1. The van der Waals surface area contributed by atoms with Crippen molar-refractivity contribution < 1.29 is 9.53 Å². The van der Waals surface area contributed by atoms with Crippen molar-refractivity contribution in [2.45, 2.75) is 52.2 Å². The number of nitrogens with zero attached hydrogens (tertiary/aromatic N) is 3. The molecule has 1 aromatic heterocycles. The summed E-state index contributed by atoms with van der Waals surface area (Å²) in [6.45, 7) is 9.18. The normalized spacial score (nSPS) is 17.1. The van der Waals surface area contributed by atoms with Crippen LogP contribution in [0, 0.1) is 10.6 Å². The number of aromatic nitrogens is 2. The highest BCUT2D eigenvalue weighted by Gasteiger charge is 2.29. The highest BCUT2D eigenvalue weighted by Crippen LogP contribution is 2.29. The van der Waals surface area contributed by atoms with E-state index in [4.69, 9.17) is 4.74 Å². The molecular formula is C14H21BrIN3O2. The first-order valence-corrected chi connectivity index (χ1v) is 8.94. The largest absolute Gasteiger partial charge is 0.444 e. The van der Waals surface area contributed by atoms with Gasteiger partial charge in [0, 0.05) is 13.1 Å². The summed E-state index contributed by atoms with van der Waals surface area (Å²) in [6, 6.07) is 0.350. The number of carbonyl (C=O) groups excluding carboxylic acids is 1. The predicted octanol–water partition coefficient (Wildman–Crippen LogP) is 4.13. The van der Waals surface area contributed by atoms with Crippen LogP contribution in [0.25, 0.3) is 0 Å². The van der Waals surface area contributed by atoms with Gasteiger partial charge in [0.25, 0.3) is 0 Å². The number of likely N-dealkylation sites (tertiary alicyclic amines) is 1. The van der Waals surface area contributed by atoms with E-state index in [1.165, 1.54) is 0 Å². The Hall–Kier alpha value is -0.310. The zero-order valence-corrected chi connectivity index (χ0v) is 16.6. The zero-order chi connectivity index (χ0) is 15.8. The molecule has 0 unspecified atom stereocenters. The summed E-state index contributed by atoms with van der Waals surface area (Å²) >= 11 is 5.79. The van der Waals surface area contributed by atoms with E-state index in [0.29, 0.717) is 19.1 Å². The minimum Gasteiger partial charge on any atom is -0.444 e. The Morgan fingerprint density at radius 1 is 1.38 bits per heavy atom. The maximum Gasteiger partial charge on any atom is 0.410 e. The van der Waals surface area contributed by atoms with Crippen molar-refractivity contribution >= 4 is 44.6 Å². The van der Waals surface area contributed by atoms with E-state index in [2.05, 4.69) is 55.2 Å². The molecule has 21 heavy (non-hydrogen) atoms. The van der Waals surface area contributed by atoms with E-state index < -0.39 is 5.60 Å². The summed E-state index contributed by atoms with van der Waals surface area (Å²) in [5.41, 5.74) is 0.711. The van der Waals surface area contributed by atoms with Crippen molar-refractivity contribution in [3.63, 3.8) is 0 Å². The number of rotatable bonds is 1. The molecule has 0 radical (unpaired) electrons. The average molecular weight is 470 g/mol. The van der Waals surface area contributed by atoms with Gasteiger partial charge in [0.1, 0.15) is 9.30 Å². The van der Waals surface area contributed by atoms with Crippen LogP contribution >= 0.6 is 38.5 Å². The first kappa shape index (κ1) is 17.1. The Kier molecular flexibility index (Phi) is 5.23. The summed E-state index contributed by atoms with van der Waals surface area (Å²) < 4.78 is 9.56. The molecule has 5 nitrogen and oxygen atoms in total. The second-order valence-electron chi connectivity index (χ2n) is 6.33. The molecule has 1 aliphatic rings. The van der Waals surface area contributed by atoms with Crippen LogP contribution in [-0.2, 0) is 4.74 Å². The van der Waals surface area contributed by atoms with Crippen LogP contribution in [0.2, 0.25) is 0 Å². The smallest absolute Gasteiger partial charge is 0.410 e. The Balaban J connectivity index is 1.97. The maximum atomic E-state index is 12.1. The third-order valence-electron chi connectivity index (χ3n) is 3.50. The summed E-state index contributed by atoms with van der Waals surface area (Å²) in [7, 11) is 0. The van der Waals surface area contributed by atoms with E-state index >= 15 is 0 Å². The molecule has 0 bridgehead atoms. The molecular weight excluding hydrogens is 449 g/mol. The van der Waals surface area contributed by atoms with E-state index in [-0.39, 0.29) is 6.09 Å². The molecule has 1 saturated heterocycles. The molecule has 2 heterocycles. The number of halogens is 2. The van der Waals surface area contributed by atoms with Gasteiger partial charge in [-0.05, 0) is 79.1 Å². The lowest BCUT2D eigenvalue weighted by atomic mass is 10.1. The quantitative estimate of drug-likeness (QED) is 0.581. The molecule has 1 aliphatic heterocycles. The Morgan fingerprint density at radius 3 is 2.38 bits per heavy atom.